The predicted octanol–water partition coefficient (Wildman–Crippen LogP) is 2.83. The maximum Gasteiger partial charge on any atom is 0.225 e. The van der Waals surface area contributed by atoms with Gasteiger partial charge in [-0.25, -0.2) is 0 Å². The molecule has 0 aromatic carbocycles. The first kappa shape index (κ1) is 11.0. The highest BCUT2D eigenvalue weighted by Crippen LogP contribution is 2.29. The highest BCUT2D eigenvalue weighted by Gasteiger charge is 2.28. The summed E-state index contributed by atoms with van der Waals surface area (Å²) in [5.74, 6) is 1.57. The molecule has 0 aromatic rings. The van der Waals surface area contributed by atoms with Gasteiger partial charge in [0.05, 0.1) is 0 Å². The lowest BCUT2D eigenvalue weighted by molar-refractivity contribution is -0.137. The summed E-state index contributed by atoms with van der Waals surface area (Å²) in [5.41, 5.74) is 0. The molecule has 0 aliphatic heterocycles. The molecule has 2 rings (SSSR count). The molecular formula is C13H23NO. The van der Waals surface area contributed by atoms with Crippen molar-refractivity contribution in [1.82, 2.24) is 4.90 Å². The van der Waals surface area contributed by atoms with Gasteiger partial charge in [0.2, 0.25) is 5.91 Å². The molecule has 2 nitrogen and oxygen atoms in total. The number of rotatable bonds is 3. The molecule has 0 atom stereocenters. The van der Waals surface area contributed by atoms with Crippen LogP contribution in [-0.2, 0) is 4.79 Å². The molecule has 2 aliphatic rings. The van der Waals surface area contributed by atoms with Crippen molar-refractivity contribution in [1.29, 1.82) is 0 Å². The molecular weight excluding hydrogens is 186 g/mol. The Morgan fingerprint density at radius 2 is 1.73 bits per heavy atom. The average molecular weight is 209 g/mol. The van der Waals surface area contributed by atoms with Crippen LogP contribution >= 0.6 is 0 Å². The monoisotopic (exact) mass is 209 g/mol. The van der Waals surface area contributed by atoms with Crippen molar-refractivity contribution in [2.45, 2.75) is 51.4 Å². The SMILES string of the molecule is CN(CC1CCCCC1)C(=O)C1CCC1. The first-order valence-electron chi connectivity index (χ1n) is 6.52. The molecule has 0 saturated heterocycles. The Bertz CT molecular complexity index is 217. The third-order valence-corrected chi connectivity index (χ3v) is 4.09. The van der Waals surface area contributed by atoms with Crippen LogP contribution in [0.5, 0.6) is 0 Å². The van der Waals surface area contributed by atoms with Gasteiger partial charge < -0.3 is 4.90 Å². The number of amides is 1. The lowest BCUT2D eigenvalue weighted by Gasteiger charge is -2.32. The van der Waals surface area contributed by atoms with Crippen molar-refractivity contribution in [3.8, 4) is 0 Å². The molecule has 0 N–H and O–H groups in total. The van der Waals surface area contributed by atoms with Gasteiger partial charge in [-0.15, -0.1) is 0 Å². The van der Waals surface area contributed by atoms with E-state index in [1.807, 2.05) is 11.9 Å². The Morgan fingerprint density at radius 1 is 1.07 bits per heavy atom. The van der Waals surface area contributed by atoms with Gasteiger partial charge in [-0.1, -0.05) is 25.7 Å². The van der Waals surface area contributed by atoms with Crippen LogP contribution in [0.4, 0.5) is 0 Å². The molecule has 0 aromatic heterocycles. The molecule has 2 heteroatoms. The van der Waals surface area contributed by atoms with Crippen LogP contribution in [0, 0.1) is 11.8 Å². The molecule has 0 radical (unpaired) electrons. The molecule has 2 saturated carbocycles. The minimum absolute atomic E-state index is 0.374. The highest BCUT2D eigenvalue weighted by molar-refractivity contribution is 5.79. The smallest absolute Gasteiger partial charge is 0.225 e. The summed E-state index contributed by atoms with van der Waals surface area (Å²) >= 11 is 0. The summed E-state index contributed by atoms with van der Waals surface area (Å²) in [6.07, 6.45) is 10.3. The van der Waals surface area contributed by atoms with Crippen LogP contribution in [0.2, 0.25) is 0 Å². The largest absolute Gasteiger partial charge is 0.345 e. The van der Waals surface area contributed by atoms with E-state index in [9.17, 15) is 4.79 Å². The van der Waals surface area contributed by atoms with Gasteiger partial charge in [0.25, 0.3) is 0 Å². The zero-order valence-corrected chi connectivity index (χ0v) is 9.87. The van der Waals surface area contributed by atoms with Crippen molar-refractivity contribution < 1.29 is 4.79 Å². The van der Waals surface area contributed by atoms with Crippen LogP contribution in [0.3, 0.4) is 0 Å². The minimum Gasteiger partial charge on any atom is -0.345 e. The molecule has 15 heavy (non-hydrogen) atoms. The zero-order valence-electron chi connectivity index (χ0n) is 9.87. The van der Waals surface area contributed by atoms with E-state index >= 15 is 0 Å². The lowest BCUT2D eigenvalue weighted by Crippen LogP contribution is -2.39. The quantitative estimate of drug-likeness (QED) is 0.700. The normalized spacial score (nSPS) is 23.5. The third-order valence-electron chi connectivity index (χ3n) is 4.09. The molecule has 86 valence electrons. The summed E-state index contributed by atoms with van der Waals surface area (Å²) in [5, 5.41) is 0. The Kier molecular flexibility index (Phi) is 3.66. The molecule has 1 amide bonds. The lowest BCUT2D eigenvalue weighted by atomic mass is 9.83. The van der Waals surface area contributed by atoms with E-state index in [2.05, 4.69) is 0 Å². The number of carbonyl (C=O) groups is 1. The fourth-order valence-corrected chi connectivity index (χ4v) is 2.81. The fourth-order valence-electron chi connectivity index (χ4n) is 2.81. The van der Waals surface area contributed by atoms with Gasteiger partial charge in [0, 0.05) is 19.5 Å². The van der Waals surface area contributed by atoms with Crippen molar-refractivity contribution in [3.05, 3.63) is 0 Å². The van der Waals surface area contributed by atoms with E-state index in [1.165, 1.54) is 38.5 Å². The Balaban J connectivity index is 1.74. The van der Waals surface area contributed by atoms with E-state index in [0.29, 0.717) is 11.8 Å². The Hall–Kier alpha value is -0.530. The summed E-state index contributed by atoms with van der Waals surface area (Å²) in [6.45, 7) is 1.01. The van der Waals surface area contributed by atoms with Crippen molar-refractivity contribution in [3.63, 3.8) is 0 Å². The minimum atomic E-state index is 0.374. The van der Waals surface area contributed by atoms with Crippen molar-refractivity contribution in [2.75, 3.05) is 13.6 Å². The van der Waals surface area contributed by atoms with E-state index in [-0.39, 0.29) is 0 Å². The second-order valence-electron chi connectivity index (χ2n) is 5.35. The molecule has 0 spiro atoms. The molecule has 2 fully saturated rings. The second kappa shape index (κ2) is 5.00. The zero-order chi connectivity index (χ0) is 10.7. The molecule has 2 aliphatic carbocycles. The summed E-state index contributed by atoms with van der Waals surface area (Å²) < 4.78 is 0. The van der Waals surface area contributed by atoms with Gasteiger partial charge in [0.1, 0.15) is 0 Å². The van der Waals surface area contributed by atoms with Crippen LogP contribution in [-0.4, -0.2) is 24.4 Å². The maximum absolute atomic E-state index is 11.9. The summed E-state index contributed by atoms with van der Waals surface area (Å²) in [7, 11) is 2.00. The fraction of sp³-hybridized carbons (Fsp3) is 0.923. The van der Waals surface area contributed by atoms with Gasteiger partial charge >= 0.3 is 0 Å². The topological polar surface area (TPSA) is 20.3 Å². The third kappa shape index (κ3) is 2.73. The number of hydrogen-bond acceptors (Lipinski definition) is 1. The van der Waals surface area contributed by atoms with Gasteiger partial charge in [0.15, 0.2) is 0 Å². The first-order chi connectivity index (χ1) is 7.27. The van der Waals surface area contributed by atoms with E-state index in [1.54, 1.807) is 0 Å². The number of hydrogen-bond donors (Lipinski definition) is 0. The first-order valence-corrected chi connectivity index (χ1v) is 6.52. The average Bonchev–Trinajstić information content (AvgIpc) is 2.16. The second-order valence-corrected chi connectivity index (χ2v) is 5.35. The van der Waals surface area contributed by atoms with Crippen LogP contribution in [0.1, 0.15) is 51.4 Å². The van der Waals surface area contributed by atoms with Crippen LogP contribution < -0.4 is 0 Å². The van der Waals surface area contributed by atoms with Crippen LogP contribution in [0.15, 0.2) is 0 Å². The van der Waals surface area contributed by atoms with Gasteiger partial charge in [-0.05, 0) is 31.6 Å². The Labute approximate surface area is 93.0 Å². The standard InChI is InChI=1S/C13H23NO/c1-14(13(15)12-8-5-9-12)10-11-6-3-2-4-7-11/h11-12H,2-10H2,1H3. The van der Waals surface area contributed by atoms with E-state index in [0.717, 1.165) is 25.3 Å². The van der Waals surface area contributed by atoms with Gasteiger partial charge in [-0.3, -0.25) is 4.79 Å². The highest BCUT2D eigenvalue weighted by atomic mass is 16.2. The molecule has 0 unspecified atom stereocenters. The maximum atomic E-state index is 11.9. The van der Waals surface area contributed by atoms with Crippen LogP contribution in [0.25, 0.3) is 0 Å². The number of nitrogens with zero attached hydrogens (tertiary/aromatic N) is 1. The number of carbonyl (C=O) groups excluding carboxylic acids is 1. The summed E-state index contributed by atoms with van der Waals surface area (Å²) in [4.78, 5) is 13.9. The van der Waals surface area contributed by atoms with Crippen molar-refractivity contribution >= 4 is 5.91 Å². The molecule has 0 heterocycles. The summed E-state index contributed by atoms with van der Waals surface area (Å²) in [6, 6.07) is 0. The van der Waals surface area contributed by atoms with E-state index < -0.39 is 0 Å². The molecule has 0 bridgehead atoms. The van der Waals surface area contributed by atoms with Crippen molar-refractivity contribution in [2.24, 2.45) is 11.8 Å². The van der Waals surface area contributed by atoms with E-state index in [4.69, 9.17) is 0 Å². The predicted molar refractivity (Wildman–Crippen MR) is 61.6 cm³/mol. The Morgan fingerprint density at radius 3 is 2.27 bits per heavy atom. The van der Waals surface area contributed by atoms with Gasteiger partial charge in [-0.2, -0.15) is 0 Å².